The minimum absolute atomic E-state index is 0. The van der Waals surface area contributed by atoms with Crippen molar-refractivity contribution in [2.24, 2.45) is 0 Å². The fourth-order valence-corrected chi connectivity index (χ4v) is 2.25. The quantitative estimate of drug-likeness (QED) is 0.576. The van der Waals surface area contributed by atoms with Crippen molar-refractivity contribution < 1.29 is 21.5 Å². The number of rotatable bonds is 2. The van der Waals surface area contributed by atoms with Crippen LogP contribution in [0.4, 0.5) is 0 Å². The zero-order valence-electron chi connectivity index (χ0n) is 11.2. The van der Waals surface area contributed by atoms with Crippen LogP contribution in [0.3, 0.4) is 0 Å². The Kier molecular flexibility index (Phi) is 6.30. The van der Waals surface area contributed by atoms with Gasteiger partial charge in [0.15, 0.2) is 12.7 Å². The highest BCUT2D eigenvalue weighted by atomic mass is 79.9. The van der Waals surface area contributed by atoms with Gasteiger partial charge in [0.05, 0.1) is 0 Å². The van der Waals surface area contributed by atoms with Gasteiger partial charge in [-0.15, -0.1) is 17.0 Å². The minimum atomic E-state index is 0. The van der Waals surface area contributed by atoms with Gasteiger partial charge in [0.2, 0.25) is 5.52 Å². The molecule has 2 aromatic heterocycles. The lowest BCUT2D eigenvalue weighted by molar-refractivity contribution is -0.662. The first-order valence-electron chi connectivity index (χ1n) is 6.11. The van der Waals surface area contributed by atoms with Gasteiger partial charge in [-0.05, 0) is 30.7 Å². The molecule has 0 radical (unpaired) electrons. The second-order valence-corrected chi connectivity index (χ2v) is 4.50. The third-order valence-corrected chi connectivity index (χ3v) is 3.25. The van der Waals surface area contributed by atoms with Crippen LogP contribution in [-0.4, -0.2) is 4.98 Å². The lowest BCUT2D eigenvalue weighted by atomic mass is 10.1. The summed E-state index contributed by atoms with van der Waals surface area (Å²) in [7, 11) is 0. The van der Waals surface area contributed by atoms with E-state index in [-0.39, 0.29) is 34.0 Å². The van der Waals surface area contributed by atoms with Gasteiger partial charge in [-0.25, -0.2) is 0 Å². The van der Waals surface area contributed by atoms with Crippen LogP contribution in [-0.2, 0) is 6.54 Å². The summed E-state index contributed by atoms with van der Waals surface area (Å²) in [5.74, 6) is 0. The molecule has 0 saturated heterocycles. The smallest absolute Gasteiger partial charge is 0.213 e. The van der Waals surface area contributed by atoms with Crippen molar-refractivity contribution in [3.8, 4) is 0 Å². The highest BCUT2D eigenvalue weighted by Crippen LogP contribution is 2.14. The van der Waals surface area contributed by atoms with E-state index in [0.29, 0.717) is 0 Å². The Morgan fingerprint density at radius 3 is 2.45 bits per heavy atom. The van der Waals surface area contributed by atoms with Gasteiger partial charge in [-0.1, -0.05) is 12.1 Å². The van der Waals surface area contributed by atoms with Crippen molar-refractivity contribution in [3.63, 3.8) is 0 Å². The molecule has 2 nitrogen and oxygen atoms in total. The van der Waals surface area contributed by atoms with Crippen LogP contribution in [0.1, 0.15) is 11.1 Å². The third-order valence-electron chi connectivity index (χ3n) is 3.25. The predicted molar refractivity (Wildman–Crippen MR) is 82.5 cm³/mol. The molecule has 0 aliphatic carbocycles. The number of aromatic nitrogens is 2. The molecule has 3 aromatic rings. The van der Waals surface area contributed by atoms with E-state index in [9.17, 15) is 0 Å². The summed E-state index contributed by atoms with van der Waals surface area (Å²) in [5, 5.41) is 1.31. The molecule has 0 N–H and O–H groups in total. The fourth-order valence-electron chi connectivity index (χ4n) is 2.25. The maximum absolute atomic E-state index is 4.05. The van der Waals surface area contributed by atoms with Crippen molar-refractivity contribution in [2.45, 2.75) is 13.5 Å². The highest BCUT2D eigenvalue weighted by Gasteiger charge is 2.10. The maximum atomic E-state index is 4.05. The Morgan fingerprint density at radius 2 is 1.70 bits per heavy atom. The number of nitrogens with zero attached hydrogens (tertiary/aromatic N) is 2. The monoisotopic (exact) mass is 394 g/mol. The van der Waals surface area contributed by atoms with E-state index >= 15 is 0 Å². The van der Waals surface area contributed by atoms with Crippen LogP contribution in [0.5, 0.6) is 0 Å². The van der Waals surface area contributed by atoms with Gasteiger partial charge in [0.25, 0.3) is 0 Å². The minimum Gasteiger partial charge on any atom is -1.00 e. The van der Waals surface area contributed by atoms with E-state index in [2.05, 4.69) is 65.1 Å². The van der Waals surface area contributed by atoms with Crippen molar-refractivity contribution in [1.82, 2.24) is 4.98 Å². The number of pyridine rings is 2. The molecular formula is C16H16Br2N2. The van der Waals surface area contributed by atoms with Crippen LogP contribution in [0.25, 0.3) is 10.9 Å². The van der Waals surface area contributed by atoms with E-state index in [1.165, 1.54) is 22.0 Å². The molecule has 0 saturated carbocycles. The molecule has 0 amide bonds. The molecule has 0 fully saturated rings. The molecule has 20 heavy (non-hydrogen) atoms. The maximum Gasteiger partial charge on any atom is 0.213 e. The molecule has 0 unspecified atom stereocenters. The van der Waals surface area contributed by atoms with Gasteiger partial charge in [0.1, 0.15) is 0 Å². The van der Waals surface area contributed by atoms with Gasteiger partial charge < -0.3 is 17.0 Å². The second kappa shape index (κ2) is 7.50. The molecule has 0 aliphatic heterocycles. The zero-order chi connectivity index (χ0) is 12.4. The molecule has 2 heterocycles. The summed E-state index contributed by atoms with van der Waals surface area (Å²) >= 11 is 0. The van der Waals surface area contributed by atoms with Crippen molar-refractivity contribution in [3.05, 3.63) is 72.2 Å². The summed E-state index contributed by atoms with van der Waals surface area (Å²) in [6, 6.07) is 14.8. The molecule has 3 rings (SSSR count). The Labute approximate surface area is 140 Å². The van der Waals surface area contributed by atoms with Crippen molar-refractivity contribution in [1.29, 1.82) is 0 Å². The molecule has 1 aromatic carbocycles. The van der Waals surface area contributed by atoms with Crippen LogP contribution < -0.4 is 21.5 Å². The van der Waals surface area contributed by atoms with Crippen LogP contribution in [0, 0.1) is 6.92 Å². The average Bonchev–Trinajstić information content (AvgIpc) is 2.44. The second-order valence-electron chi connectivity index (χ2n) is 4.50. The predicted octanol–water partition coefficient (Wildman–Crippen LogP) is 0.461. The average molecular weight is 396 g/mol. The zero-order valence-corrected chi connectivity index (χ0v) is 14.5. The number of benzene rings is 1. The van der Waals surface area contributed by atoms with E-state index in [1.807, 2.05) is 12.4 Å². The number of hydrogen-bond donors (Lipinski definition) is 0. The number of fused-ring (bicyclic) bond motifs is 1. The molecule has 104 valence electrons. The molecule has 4 heteroatoms. The van der Waals surface area contributed by atoms with Crippen LogP contribution in [0.2, 0.25) is 0 Å². The van der Waals surface area contributed by atoms with Crippen LogP contribution >= 0.6 is 17.0 Å². The topological polar surface area (TPSA) is 16.8 Å². The van der Waals surface area contributed by atoms with Crippen molar-refractivity contribution >= 4 is 27.9 Å². The van der Waals surface area contributed by atoms with E-state index in [4.69, 9.17) is 0 Å². The molecular weight excluding hydrogens is 380 g/mol. The fraction of sp³-hybridized carbons (Fsp3) is 0.125. The standard InChI is InChI=1S/C16H15N2.2BrH/c1-13-8-11-18(12-14-6-9-17-10-7-14)16-5-3-2-4-15(13)16;;/h2-11H,12H2,1H3;2*1H/q+1;;/p-1. The highest BCUT2D eigenvalue weighted by molar-refractivity contribution is 8.93. The number of halogens is 2. The van der Waals surface area contributed by atoms with E-state index in [0.717, 1.165) is 6.54 Å². The first-order valence-corrected chi connectivity index (χ1v) is 6.11. The Morgan fingerprint density at radius 1 is 1.00 bits per heavy atom. The molecule has 0 bridgehead atoms. The van der Waals surface area contributed by atoms with Gasteiger partial charge >= 0.3 is 0 Å². The lowest BCUT2D eigenvalue weighted by Crippen LogP contribution is -3.00. The lowest BCUT2D eigenvalue weighted by Gasteiger charge is -2.03. The molecule has 0 spiro atoms. The normalized spacial score (nSPS) is 9.65. The largest absolute Gasteiger partial charge is 1.00 e. The Hall–Kier alpha value is -1.26. The number of aryl methyl sites for hydroxylation is 1. The summed E-state index contributed by atoms with van der Waals surface area (Å²) in [4.78, 5) is 4.05. The van der Waals surface area contributed by atoms with E-state index < -0.39 is 0 Å². The number of para-hydroxylation sites is 1. The van der Waals surface area contributed by atoms with Crippen molar-refractivity contribution in [2.75, 3.05) is 0 Å². The summed E-state index contributed by atoms with van der Waals surface area (Å²) in [5.41, 5.74) is 3.86. The Bertz CT molecular complexity index is 684. The third kappa shape index (κ3) is 3.44. The van der Waals surface area contributed by atoms with Gasteiger partial charge in [0, 0.05) is 35.5 Å². The summed E-state index contributed by atoms with van der Waals surface area (Å²) in [6.07, 6.45) is 5.83. The van der Waals surface area contributed by atoms with Crippen LogP contribution in [0.15, 0.2) is 61.1 Å². The summed E-state index contributed by atoms with van der Waals surface area (Å²) in [6.45, 7) is 3.03. The van der Waals surface area contributed by atoms with E-state index in [1.54, 1.807) is 0 Å². The number of hydrogen-bond acceptors (Lipinski definition) is 1. The summed E-state index contributed by atoms with van der Waals surface area (Å²) < 4.78 is 2.28. The molecule has 0 aliphatic rings. The first kappa shape index (κ1) is 16.8. The Balaban J connectivity index is 0.000001000. The van der Waals surface area contributed by atoms with Gasteiger partial charge in [-0.3, -0.25) is 4.98 Å². The SMILES string of the molecule is Br.Cc1cc[n+](Cc2ccncc2)c2ccccc12.[Br-]. The molecule has 0 atom stereocenters. The van der Waals surface area contributed by atoms with Gasteiger partial charge in [-0.2, -0.15) is 4.57 Å². The first-order chi connectivity index (χ1) is 8.84.